The van der Waals surface area contributed by atoms with Crippen molar-refractivity contribution in [1.82, 2.24) is 0 Å². The number of halogens is 1. The molecule has 3 N–H and O–H groups in total. The second-order valence-electron chi connectivity index (χ2n) is 4.71. The van der Waals surface area contributed by atoms with Gasteiger partial charge in [-0.05, 0) is 48.9 Å². The summed E-state index contributed by atoms with van der Waals surface area (Å²) < 4.78 is 18.2. The smallest absolute Gasteiger partial charge is 0.338 e. The van der Waals surface area contributed by atoms with E-state index in [0.717, 1.165) is 0 Å². The first-order chi connectivity index (χ1) is 10.5. The van der Waals surface area contributed by atoms with Crippen molar-refractivity contribution >= 4 is 23.3 Å². The number of benzene rings is 2. The SMILES string of the molecule is Cc1ccc(NC(=O)COC(=O)c2ccc(N)cc2)cc1F. The Kier molecular flexibility index (Phi) is 4.73. The summed E-state index contributed by atoms with van der Waals surface area (Å²) >= 11 is 0. The Balaban J connectivity index is 1.88. The third kappa shape index (κ3) is 4.05. The summed E-state index contributed by atoms with van der Waals surface area (Å²) in [5.74, 6) is -1.60. The Labute approximate surface area is 126 Å². The highest BCUT2D eigenvalue weighted by atomic mass is 19.1. The van der Waals surface area contributed by atoms with Crippen LogP contribution >= 0.6 is 0 Å². The molecule has 0 saturated carbocycles. The molecule has 5 nitrogen and oxygen atoms in total. The van der Waals surface area contributed by atoms with Crippen molar-refractivity contribution in [3.63, 3.8) is 0 Å². The van der Waals surface area contributed by atoms with E-state index in [1.165, 1.54) is 18.2 Å². The number of rotatable bonds is 4. The molecule has 0 fully saturated rings. The fourth-order valence-electron chi connectivity index (χ4n) is 1.70. The number of ether oxygens (including phenoxy) is 1. The van der Waals surface area contributed by atoms with Crippen molar-refractivity contribution in [2.75, 3.05) is 17.7 Å². The Bertz CT molecular complexity index is 699. The number of nitrogen functional groups attached to an aromatic ring is 1. The van der Waals surface area contributed by atoms with Gasteiger partial charge in [0.25, 0.3) is 5.91 Å². The first-order valence-electron chi connectivity index (χ1n) is 6.54. The molecule has 0 heterocycles. The highest BCUT2D eigenvalue weighted by Gasteiger charge is 2.10. The molecule has 0 aliphatic heterocycles. The quantitative estimate of drug-likeness (QED) is 0.671. The molecule has 0 aliphatic rings. The molecule has 2 aromatic rings. The molecule has 2 rings (SSSR count). The molecule has 0 spiro atoms. The molecule has 114 valence electrons. The molecular formula is C16H15FN2O3. The second kappa shape index (κ2) is 6.71. The van der Waals surface area contributed by atoms with Gasteiger partial charge in [-0.15, -0.1) is 0 Å². The lowest BCUT2D eigenvalue weighted by Crippen LogP contribution is -2.21. The van der Waals surface area contributed by atoms with Gasteiger partial charge in [-0.2, -0.15) is 0 Å². The maximum absolute atomic E-state index is 13.4. The van der Waals surface area contributed by atoms with Gasteiger partial charge >= 0.3 is 5.97 Å². The van der Waals surface area contributed by atoms with Crippen LogP contribution in [0.15, 0.2) is 42.5 Å². The van der Waals surface area contributed by atoms with E-state index >= 15 is 0 Å². The predicted molar refractivity (Wildman–Crippen MR) is 80.9 cm³/mol. The summed E-state index contributed by atoms with van der Waals surface area (Å²) in [6, 6.07) is 10.5. The zero-order chi connectivity index (χ0) is 16.1. The first kappa shape index (κ1) is 15.5. The maximum atomic E-state index is 13.4. The number of nitrogens with two attached hydrogens (primary N) is 1. The summed E-state index contributed by atoms with van der Waals surface area (Å²) in [4.78, 5) is 23.4. The molecule has 1 amide bonds. The maximum Gasteiger partial charge on any atom is 0.338 e. The van der Waals surface area contributed by atoms with Crippen LogP contribution in [0.5, 0.6) is 0 Å². The Morgan fingerprint density at radius 1 is 1.18 bits per heavy atom. The van der Waals surface area contributed by atoms with Gasteiger partial charge in [0.2, 0.25) is 0 Å². The van der Waals surface area contributed by atoms with Gasteiger partial charge in [-0.3, -0.25) is 4.79 Å². The number of esters is 1. The van der Waals surface area contributed by atoms with Crippen LogP contribution in [0.1, 0.15) is 15.9 Å². The monoisotopic (exact) mass is 302 g/mol. The van der Waals surface area contributed by atoms with Gasteiger partial charge < -0.3 is 15.8 Å². The molecule has 0 bridgehead atoms. The zero-order valence-corrected chi connectivity index (χ0v) is 11.9. The fraction of sp³-hybridized carbons (Fsp3) is 0.125. The number of hydrogen-bond donors (Lipinski definition) is 2. The molecule has 2 aromatic carbocycles. The van der Waals surface area contributed by atoms with Crippen LogP contribution in [0.4, 0.5) is 15.8 Å². The van der Waals surface area contributed by atoms with Crippen molar-refractivity contribution in [3.8, 4) is 0 Å². The topological polar surface area (TPSA) is 81.4 Å². The minimum atomic E-state index is -0.634. The van der Waals surface area contributed by atoms with Crippen LogP contribution in [0.3, 0.4) is 0 Å². The lowest BCUT2D eigenvalue weighted by Gasteiger charge is -2.07. The lowest BCUT2D eigenvalue weighted by atomic mass is 10.2. The summed E-state index contributed by atoms with van der Waals surface area (Å²) in [6.07, 6.45) is 0. The molecule has 6 heteroatoms. The third-order valence-electron chi connectivity index (χ3n) is 2.94. The summed E-state index contributed by atoms with van der Waals surface area (Å²) in [5.41, 5.74) is 7.11. The molecule has 0 unspecified atom stereocenters. The summed E-state index contributed by atoms with van der Waals surface area (Å²) in [7, 11) is 0. The molecule has 22 heavy (non-hydrogen) atoms. The standard InChI is InChI=1S/C16H15FN2O3/c1-10-2-7-13(8-14(10)17)19-15(20)9-22-16(21)11-3-5-12(18)6-4-11/h2-8H,9,18H2,1H3,(H,19,20). The van der Waals surface area contributed by atoms with E-state index in [1.54, 1.807) is 31.2 Å². The fourth-order valence-corrected chi connectivity index (χ4v) is 1.70. The number of anilines is 2. The first-order valence-corrected chi connectivity index (χ1v) is 6.54. The van der Waals surface area contributed by atoms with E-state index in [0.29, 0.717) is 22.5 Å². The Morgan fingerprint density at radius 3 is 2.50 bits per heavy atom. The lowest BCUT2D eigenvalue weighted by molar-refractivity contribution is -0.119. The van der Waals surface area contributed by atoms with Gasteiger partial charge in [0.1, 0.15) is 5.82 Å². The van der Waals surface area contributed by atoms with Crippen LogP contribution in [-0.2, 0) is 9.53 Å². The zero-order valence-electron chi connectivity index (χ0n) is 11.9. The molecule has 0 saturated heterocycles. The second-order valence-corrected chi connectivity index (χ2v) is 4.71. The van der Waals surface area contributed by atoms with Crippen LogP contribution in [0.25, 0.3) is 0 Å². The minimum absolute atomic E-state index is 0.295. The summed E-state index contributed by atoms with van der Waals surface area (Å²) in [6.45, 7) is 1.16. The normalized spacial score (nSPS) is 10.1. The van der Waals surface area contributed by atoms with Crippen LogP contribution in [-0.4, -0.2) is 18.5 Å². The molecule has 0 atom stereocenters. The minimum Gasteiger partial charge on any atom is -0.452 e. The van der Waals surface area contributed by atoms with Gasteiger partial charge in [-0.25, -0.2) is 9.18 Å². The highest BCUT2D eigenvalue weighted by Crippen LogP contribution is 2.13. The van der Waals surface area contributed by atoms with Crippen LogP contribution in [0, 0.1) is 12.7 Å². The number of hydrogen-bond acceptors (Lipinski definition) is 4. The average Bonchev–Trinajstić information content (AvgIpc) is 2.49. The van der Waals surface area contributed by atoms with Crippen molar-refractivity contribution in [2.24, 2.45) is 0 Å². The van der Waals surface area contributed by atoms with E-state index < -0.39 is 24.3 Å². The molecule has 0 aromatic heterocycles. The third-order valence-corrected chi connectivity index (χ3v) is 2.94. The summed E-state index contributed by atoms with van der Waals surface area (Å²) in [5, 5.41) is 2.45. The van der Waals surface area contributed by atoms with E-state index in [2.05, 4.69) is 5.32 Å². The van der Waals surface area contributed by atoms with Gasteiger partial charge in [-0.1, -0.05) is 6.07 Å². The van der Waals surface area contributed by atoms with Gasteiger partial charge in [0, 0.05) is 11.4 Å². The van der Waals surface area contributed by atoms with Crippen LogP contribution < -0.4 is 11.1 Å². The predicted octanol–water partition coefficient (Wildman–Crippen LogP) is 2.51. The number of amides is 1. The molecular weight excluding hydrogens is 287 g/mol. The molecule has 0 aliphatic carbocycles. The number of carbonyl (C=O) groups is 2. The number of nitrogens with one attached hydrogen (secondary N) is 1. The largest absolute Gasteiger partial charge is 0.452 e. The van der Waals surface area contributed by atoms with E-state index in [1.807, 2.05) is 0 Å². The Hall–Kier alpha value is -2.89. The van der Waals surface area contributed by atoms with Crippen molar-refractivity contribution in [1.29, 1.82) is 0 Å². The van der Waals surface area contributed by atoms with E-state index in [9.17, 15) is 14.0 Å². The van der Waals surface area contributed by atoms with Crippen molar-refractivity contribution in [2.45, 2.75) is 6.92 Å². The highest BCUT2D eigenvalue weighted by molar-refractivity contribution is 5.95. The molecule has 0 radical (unpaired) electrons. The number of aryl methyl sites for hydroxylation is 1. The Morgan fingerprint density at radius 2 is 1.86 bits per heavy atom. The van der Waals surface area contributed by atoms with E-state index in [4.69, 9.17) is 10.5 Å². The van der Waals surface area contributed by atoms with E-state index in [-0.39, 0.29) is 0 Å². The average molecular weight is 302 g/mol. The van der Waals surface area contributed by atoms with Crippen LogP contribution in [0.2, 0.25) is 0 Å². The van der Waals surface area contributed by atoms with Crippen molar-refractivity contribution in [3.05, 3.63) is 59.4 Å². The number of carbonyl (C=O) groups excluding carboxylic acids is 2. The van der Waals surface area contributed by atoms with Crippen molar-refractivity contribution < 1.29 is 18.7 Å². The van der Waals surface area contributed by atoms with Gasteiger partial charge in [0.05, 0.1) is 5.56 Å². The van der Waals surface area contributed by atoms with Gasteiger partial charge in [0.15, 0.2) is 6.61 Å².